The van der Waals surface area contributed by atoms with Gasteiger partial charge in [-0.05, 0) is 36.6 Å². The Bertz CT molecular complexity index is 502. The first-order chi connectivity index (χ1) is 8.08. The van der Waals surface area contributed by atoms with Crippen LogP contribution in [0.2, 0.25) is 4.34 Å². The van der Waals surface area contributed by atoms with Crippen LogP contribution in [0.3, 0.4) is 0 Å². The largest absolute Gasteiger partial charge is 0.207 e. The molecule has 0 aliphatic rings. The van der Waals surface area contributed by atoms with Crippen LogP contribution in [0.4, 0.5) is 4.39 Å². The van der Waals surface area contributed by atoms with Gasteiger partial charge in [0.15, 0.2) is 0 Å². The van der Waals surface area contributed by atoms with Gasteiger partial charge in [-0.3, -0.25) is 0 Å². The van der Waals surface area contributed by atoms with Crippen molar-refractivity contribution >= 4 is 34.5 Å². The summed E-state index contributed by atoms with van der Waals surface area (Å²) in [4.78, 5) is 0.984. The van der Waals surface area contributed by atoms with E-state index in [1.807, 2.05) is 19.1 Å². The molecule has 1 aromatic carbocycles. The molecule has 17 heavy (non-hydrogen) atoms. The van der Waals surface area contributed by atoms with Crippen molar-refractivity contribution in [2.24, 2.45) is 0 Å². The fourth-order valence-electron chi connectivity index (χ4n) is 1.60. The molecule has 1 unspecified atom stereocenters. The zero-order valence-electron chi connectivity index (χ0n) is 9.21. The summed E-state index contributed by atoms with van der Waals surface area (Å²) in [6, 6.07) is 8.66. The molecule has 90 valence electrons. The summed E-state index contributed by atoms with van der Waals surface area (Å²) in [5.74, 6) is -0.211. The third kappa shape index (κ3) is 3.01. The second-order valence-corrected chi connectivity index (χ2v) is 6.08. The number of hydrogen-bond donors (Lipinski definition) is 0. The third-order valence-corrected chi connectivity index (χ3v) is 4.73. The number of halogens is 3. The second-order valence-electron chi connectivity index (χ2n) is 3.87. The minimum atomic E-state index is -0.233. The van der Waals surface area contributed by atoms with Crippen LogP contribution in [0.5, 0.6) is 0 Å². The number of rotatable bonds is 3. The van der Waals surface area contributed by atoms with Crippen LogP contribution in [-0.4, -0.2) is 0 Å². The van der Waals surface area contributed by atoms with Gasteiger partial charge < -0.3 is 0 Å². The summed E-state index contributed by atoms with van der Waals surface area (Å²) in [5.41, 5.74) is 1.65. The van der Waals surface area contributed by atoms with Crippen LogP contribution in [0.15, 0.2) is 30.3 Å². The van der Waals surface area contributed by atoms with E-state index < -0.39 is 0 Å². The lowest BCUT2D eigenvalue weighted by Crippen LogP contribution is -1.96. The molecule has 0 fully saturated rings. The smallest absolute Gasteiger partial charge is 0.126 e. The molecular formula is C13H11Cl2FS. The van der Waals surface area contributed by atoms with Gasteiger partial charge in [0.25, 0.3) is 0 Å². The SMILES string of the molecule is Cc1cc(C(Cl)Cc2ccccc2F)sc1Cl. The van der Waals surface area contributed by atoms with E-state index in [1.165, 1.54) is 17.4 Å². The van der Waals surface area contributed by atoms with Crippen molar-refractivity contribution < 1.29 is 4.39 Å². The number of thiophene rings is 1. The molecule has 1 aromatic heterocycles. The van der Waals surface area contributed by atoms with Gasteiger partial charge in [-0.25, -0.2) is 4.39 Å². The van der Waals surface area contributed by atoms with Gasteiger partial charge in [-0.2, -0.15) is 0 Å². The normalized spacial score (nSPS) is 12.7. The Kier molecular flexibility index (Phi) is 4.08. The van der Waals surface area contributed by atoms with E-state index >= 15 is 0 Å². The van der Waals surface area contributed by atoms with E-state index in [9.17, 15) is 4.39 Å². The molecule has 0 saturated carbocycles. The summed E-state index contributed by atoms with van der Waals surface area (Å²) in [7, 11) is 0. The van der Waals surface area contributed by atoms with Crippen LogP contribution >= 0.6 is 34.5 Å². The van der Waals surface area contributed by atoms with Gasteiger partial charge in [0.05, 0.1) is 9.71 Å². The Balaban J connectivity index is 2.17. The van der Waals surface area contributed by atoms with E-state index in [0.29, 0.717) is 12.0 Å². The van der Waals surface area contributed by atoms with Crippen molar-refractivity contribution in [2.45, 2.75) is 18.7 Å². The Morgan fingerprint density at radius 1 is 1.35 bits per heavy atom. The van der Waals surface area contributed by atoms with Gasteiger partial charge in [0, 0.05) is 4.88 Å². The molecule has 0 aliphatic heterocycles. The summed E-state index contributed by atoms with van der Waals surface area (Å²) < 4.78 is 14.2. The lowest BCUT2D eigenvalue weighted by molar-refractivity contribution is 0.607. The zero-order valence-corrected chi connectivity index (χ0v) is 11.5. The topological polar surface area (TPSA) is 0 Å². The summed E-state index contributed by atoms with van der Waals surface area (Å²) in [6.45, 7) is 1.94. The van der Waals surface area contributed by atoms with Crippen LogP contribution in [0.25, 0.3) is 0 Å². The second kappa shape index (κ2) is 5.38. The summed E-state index contributed by atoms with van der Waals surface area (Å²) in [6.07, 6.45) is 0.477. The van der Waals surface area contributed by atoms with Gasteiger partial charge in [0.2, 0.25) is 0 Å². The first kappa shape index (κ1) is 12.9. The maximum Gasteiger partial charge on any atom is 0.126 e. The fraction of sp³-hybridized carbons (Fsp3) is 0.231. The standard InChI is InChI=1S/C13H11Cl2FS/c1-8-6-12(17-13(8)15)10(14)7-9-4-2-3-5-11(9)16/h2-6,10H,7H2,1H3. The molecule has 0 saturated heterocycles. The minimum absolute atomic E-state index is 0.211. The first-order valence-corrected chi connectivity index (χ1v) is 6.84. The molecule has 0 radical (unpaired) electrons. The Morgan fingerprint density at radius 2 is 2.06 bits per heavy atom. The fourth-order valence-corrected chi connectivity index (χ4v) is 3.15. The van der Waals surface area contributed by atoms with E-state index in [-0.39, 0.29) is 11.2 Å². The monoisotopic (exact) mass is 288 g/mol. The maximum atomic E-state index is 13.5. The van der Waals surface area contributed by atoms with Crippen molar-refractivity contribution in [2.75, 3.05) is 0 Å². The lowest BCUT2D eigenvalue weighted by Gasteiger charge is -2.07. The number of hydrogen-bond acceptors (Lipinski definition) is 1. The third-order valence-electron chi connectivity index (χ3n) is 2.54. The highest BCUT2D eigenvalue weighted by atomic mass is 35.5. The highest BCUT2D eigenvalue weighted by molar-refractivity contribution is 7.16. The highest BCUT2D eigenvalue weighted by Gasteiger charge is 2.15. The molecule has 0 N–H and O–H groups in total. The first-order valence-electron chi connectivity index (χ1n) is 5.21. The minimum Gasteiger partial charge on any atom is -0.207 e. The average molecular weight is 289 g/mol. The quantitative estimate of drug-likeness (QED) is 0.666. The molecule has 0 bridgehead atoms. The molecular weight excluding hydrogens is 278 g/mol. The van der Waals surface area contributed by atoms with Gasteiger partial charge in [-0.15, -0.1) is 22.9 Å². The molecule has 4 heteroatoms. The molecule has 2 aromatic rings. The molecule has 2 rings (SSSR count). The Hall–Kier alpha value is -0.570. The highest BCUT2D eigenvalue weighted by Crippen LogP contribution is 2.35. The Labute approximate surface area is 114 Å². The van der Waals surface area contributed by atoms with Crippen LogP contribution in [0, 0.1) is 12.7 Å². The van der Waals surface area contributed by atoms with Crippen molar-refractivity contribution in [3.8, 4) is 0 Å². The summed E-state index contributed by atoms with van der Waals surface area (Å²) in [5, 5.41) is -0.233. The summed E-state index contributed by atoms with van der Waals surface area (Å²) >= 11 is 13.7. The van der Waals surface area contributed by atoms with Crippen LogP contribution in [0.1, 0.15) is 21.4 Å². The van der Waals surface area contributed by atoms with Crippen molar-refractivity contribution in [3.05, 3.63) is 56.5 Å². The maximum absolute atomic E-state index is 13.5. The molecule has 1 atom stereocenters. The predicted octanol–water partition coefficient (Wildman–Crippen LogP) is 5.37. The predicted molar refractivity (Wildman–Crippen MR) is 72.8 cm³/mol. The Morgan fingerprint density at radius 3 is 2.65 bits per heavy atom. The molecule has 1 heterocycles. The van der Waals surface area contributed by atoms with Crippen LogP contribution < -0.4 is 0 Å². The van der Waals surface area contributed by atoms with Gasteiger partial charge >= 0.3 is 0 Å². The molecule has 0 aliphatic carbocycles. The van der Waals surface area contributed by atoms with E-state index in [2.05, 4.69) is 0 Å². The molecule has 0 amide bonds. The van der Waals surface area contributed by atoms with Crippen LogP contribution in [-0.2, 0) is 6.42 Å². The zero-order chi connectivity index (χ0) is 12.4. The average Bonchev–Trinajstić information content (AvgIpc) is 2.63. The number of aryl methyl sites for hydroxylation is 1. The van der Waals surface area contributed by atoms with Crippen molar-refractivity contribution in [1.29, 1.82) is 0 Å². The lowest BCUT2D eigenvalue weighted by atomic mass is 10.1. The van der Waals surface area contributed by atoms with E-state index in [0.717, 1.165) is 14.8 Å². The number of alkyl halides is 1. The van der Waals surface area contributed by atoms with E-state index in [1.54, 1.807) is 12.1 Å². The molecule has 0 nitrogen and oxygen atoms in total. The van der Waals surface area contributed by atoms with Crippen molar-refractivity contribution in [3.63, 3.8) is 0 Å². The molecule has 0 spiro atoms. The van der Waals surface area contributed by atoms with E-state index in [4.69, 9.17) is 23.2 Å². The van der Waals surface area contributed by atoms with Crippen molar-refractivity contribution in [1.82, 2.24) is 0 Å². The number of benzene rings is 1. The van der Waals surface area contributed by atoms with Gasteiger partial charge in [0.1, 0.15) is 5.82 Å². The van der Waals surface area contributed by atoms with Gasteiger partial charge in [-0.1, -0.05) is 29.8 Å².